The molecule has 0 bridgehead atoms. The van der Waals surface area contributed by atoms with Gasteiger partial charge in [0, 0.05) is 36.7 Å². The maximum Gasteiger partial charge on any atom is 0.331 e. The van der Waals surface area contributed by atoms with E-state index < -0.39 is 12.1 Å². The zero-order chi connectivity index (χ0) is 22.4. The highest BCUT2D eigenvalue weighted by molar-refractivity contribution is 5.87. The summed E-state index contributed by atoms with van der Waals surface area (Å²) >= 11 is 0. The van der Waals surface area contributed by atoms with E-state index in [1.165, 1.54) is 6.92 Å². The second-order valence-corrected chi connectivity index (χ2v) is 7.98. The van der Waals surface area contributed by atoms with Crippen molar-refractivity contribution in [2.45, 2.75) is 70.9 Å². The van der Waals surface area contributed by atoms with E-state index in [1.807, 2.05) is 44.2 Å². The molecule has 1 aliphatic rings. The highest BCUT2D eigenvalue weighted by Crippen LogP contribution is 2.25. The molecule has 7 heteroatoms. The average Bonchev–Trinajstić information content (AvgIpc) is 2.76. The van der Waals surface area contributed by atoms with Crippen LogP contribution in [0.4, 0.5) is 0 Å². The van der Waals surface area contributed by atoms with Crippen LogP contribution in [0.15, 0.2) is 48.2 Å². The number of nitrogens with zero attached hydrogens (tertiary/aromatic N) is 1. The summed E-state index contributed by atoms with van der Waals surface area (Å²) < 4.78 is 6.22. The Morgan fingerprint density at radius 2 is 2.03 bits per heavy atom. The molecular weight excluding hydrogens is 394 g/mol. The smallest absolute Gasteiger partial charge is 0.331 e. The fourth-order valence-corrected chi connectivity index (χ4v) is 4.04. The van der Waals surface area contributed by atoms with Gasteiger partial charge in [0.2, 0.25) is 5.91 Å². The van der Waals surface area contributed by atoms with Crippen LogP contribution in [0.5, 0.6) is 0 Å². The van der Waals surface area contributed by atoms with Crippen molar-refractivity contribution >= 4 is 22.8 Å². The number of ether oxygens (including phenoxy) is 1. The number of pyridine rings is 1. The molecule has 3 rings (SSSR count). The lowest BCUT2D eigenvalue weighted by atomic mass is 9.87. The fraction of sp³-hybridized carbons (Fsp3) is 0.458. The number of carbonyl (C=O) groups is 2. The summed E-state index contributed by atoms with van der Waals surface area (Å²) in [4.78, 5) is 28.1. The number of fused-ring (bicyclic) bond motifs is 1. The molecule has 0 saturated carbocycles. The van der Waals surface area contributed by atoms with Gasteiger partial charge >= 0.3 is 5.97 Å². The van der Waals surface area contributed by atoms with Gasteiger partial charge in [0.1, 0.15) is 0 Å². The van der Waals surface area contributed by atoms with Crippen molar-refractivity contribution in [2.24, 2.45) is 0 Å². The molecule has 0 radical (unpaired) electrons. The number of carbonyl (C=O) groups excluding carboxylic acids is 1. The molecule has 0 aliphatic heterocycles. The predicted molar refractivity (Wildman–Crippen MR) is 120 cm³/mol. The summed E-state index contributed by atoms with van der Waals surface area (Å²) in [6.45, 7) is 6.07. The van der Waals surface area contributed by atoms with Crippen LogP contribution in [-0.2, 0) is 20.9 Å². The van der Waals surface area contributed by atoms with Gasteiger partial charge in [-0.05, 0) is 43.0 Å². The first-order chi connectivity index (χ1) is 14.9. The van der Waals surface area contributed by atoms with E-state index in [4.69, 9.17) is 4.74 Å². The number of hydrogen-bond donors (Lipinski definition) is 3. The summed E-state index contributed by atoms with van der Waals surface area (Å²) in [6, 6.07) is 9.34. The zero-order valence-electron chi connectivity index (χ0n) is 18.3. The molecule has 7 nitrogen and oxygen atoms in total. The van der Waals surface area contributed by atoms with Gasteiger partial charge in [-0.2, -0.15) is 0 Å². The first-order valence-electron chi connectivity index (χ1n) is 10.8. The summed E-state index contributed by atoms with van der Waals surface area (Å²) in [5.74, 6) is -1.13. The van der Waals surface area contributed by atoms with Gasteiger partial charge in [-0.3, -0.25) is 9.78 Å². The Kier molecular flexibility index (Phi) is 7.76. The topological polar surface area (TPSA) is 101 Å². The Hall–Kier alpha value is -2.77. The number of aromatic nitrogens is 1. The van der Waals surface area contributed by atoms with Gasteiger partial charge < -0.3 is 20.5 Å². The third-order valence-corrected chi connectivity index (χ3v) is 5.74. The lowest BCUT2D eigenvalue weighted by Gasteiger charge is -2.38. The normalized spacial score (nSPS) is 21.2. The Bertz CT molecular complexity index is 955. The molecule has 31 heavy (non-hydrogen) atoms. The largest absolute Gasteiger partial charge is 0.478 e. The number of carboxylic acid groups (broad SMARTS) is 1. The van der Waals surface area contributed by atoms with E-state index in [2.05, 4.69) is 15.6 Å². The van der Waals surface area contributed by atoms with Crippen molar-refractivity contribution < 1.29 is 19.4 Å². The molecule has 1 aromatic heterocycles. The van der Waals surface area contributed by atoms with Crippen LogP contribution < -0.4 is 10.6 Å². The first-order valence-corrected chi connectivity index (χ1v) is 10.8. The third-order valence-electron chi connectivity index (χ3n) is 5.74. The Morgan fingerprint density at radius 3 is 2.71 bits per heavy atom. The van der Waals surface area contributed by atoms with Crippen LogP contribution in [0.25, 0.3) is 10.9 Å². The van der Waals surface area contributed by atoms with Gasteiger partial charge in [0.05, 0.1) is 23.8 Å². The van der Waals surface area contributed by atoms with Crippen LogP contribution in [-0.4, -0.2) is 46.3 Å². The minimum absolute atomic E-state index is 0.00198. The highest BCUT2D eigenvalue weighted by Gasteiger charge is 2.37. The van der Waals surface area contributed by atoms with Gasteiger partial charge in [-0.15, -0.1) is 0 Å². The van der Waals surface area contributed by atoms with Crippen LogP contribution in [0, 0.1) is 0 Å². The highest BCUT2D eigenvalue weighted by atomic mass is 16.5. The van der Waals surface area contributed by atoms with Crippen molar-refractivity contribution in [1.82, 2.24) is 15.6 Å². The van der Waals surface area contributed by atoms with E-state index in [0.29, 0.717) is 18.5 Å². The molecule has 1 aromatic carbocycles. The molecule has 3 atom stereocenters. The lowest BCUT2D eigenvalue weighted by molar-refractivity contribution is -0.133. The van der Waals surface area contributed by atoms with E-state index in [-0.39, 0.29) is 24.1 Å². The predicted octanol–water partition coefficient (Wildman–Crippen LogP) is 3.19. The van der Waals surface area contributed by atoms with Crippen LogP contribution in [0.2, 0.25) is 0 Å². The second kappa shape index (κ2) is 10.5. The van der Waals surface area contributed by atoms with Crippen molar-refractivity contribution in [3.63, 3.8) is 0 Å². The number of aliphatic carboxylic acids is 1. The average molecular weight is 426 g/mol. The summed E-state index contributed by atoms with van der Waals surface area (Å²) in [5, 5.41) is 17.2. The van der Waals surface area contributed by atoms with Crippen LogP contribution in [0.3, 0.4) is 0 Å². The molecule has 2 aromatic rings. The molecule has 1 amide bonds. The SMILES string of the molecule is CCC(CC)O[C@@H]1C=C(C(=O)O)C[C@H](NCc2ccc3cccnc3c2)[C@H]1NC(C)=O. The Morgan fingerprint density at radius 1 is 1.26 bits per heavy atom. The fourth-order valence-electron chi connectivity index (χ4n) is 4.04. The van der Waals surface area contributed by atoms with Gasteiger partial charge in [0.15, 0.2) is 0 Å². The van der Waals surface area contributed by atoms with Gasteiger partial charge in [-0.1, -0.05) is 32.0 Å². The molecule has 0 saturated heterocycles. The lowest BCUT2D eigenvalue weighted by Crippen LogP contribution is -2.58. The quantitative estimate of drug-likeness (QED) is 0.571. The molecule has 0 spiro atoms. The number of nitrogens with one attached hydrogen (secondary N) is 2. The maximum absolute atomic E-state index is 11.9. The Balaban J connectivity index is 1.82. The number of carboxylic acids is 1. The minimum Gasteiger partial charge on any atom is -0.478 e. The zero-order valence-corrected chi connectivity index (χ0v) is 18.3. The molecular formula is C24H31N3O4. The van der Waals surface area contributed by atoms with Crippen molar-refractivity contribution in [3.8, 4) is 0 Å². The third kappa shape index (κ3) is 5.89. The van der Waals surface area contributed by atoms with Gasteiger partial charge in [-0.25, -0.2) is 4.79 Å². The molecule has 0 unspecified atom stereocenters. The van der Waals surface area contributed by atoms with Crippen LogP contribution in [0.1, 0.15) is 45.6 Å². The monoisotopic (exact) mass is 425 g/mol. The number of hydrogen-bond acceptors (Lipinski definition) is 5. The van der Waals surface area contributed by atoms with E-state index in [9.17, 15) is 14.7 Å². The second-order valence-electron chi connectivity index (χ2n) is 7.98. The standard InChI is InChI=1S/C24H31N3O4/c1-4-19(5-2)31-22-13-18(24(29)30)12-21(23(22)27-15(3)28)26-14-16-8-9-17-7-6-10-25-20(17)11-16/h6-11,13,19,21-23,26H,4-5,12,14H2,1-3H3,(H,27,28)(H,29,30)/t21-,22+,23+/m0/s1. The van der Waals surface area contributed by atoms with E-state index >= 15 is 0 Å². The van der Waals surface area contributed by atoms with Crippen molar-refractivity contribution in [1.29, 1.82) is 0 Å². The van der Waals surface area contributed by atoms with Crippen LogP contribution >= 0.6 is 0 Å². The summed E-state index contributed by atoms with van der Waals surface area (Å²) in [7, 11) is 0. The number of amides is 1. The Labute approximate surface area is 182 Å². The summed E-state index contributed by atoms with van der Waals surface area (Å²) in [5.41, 5.74) is 2.25. The maximum atomic E-state index is 11.9. The van der Waals surface area contributed by atoms with Crippen molar-refractivity contribution in [2.75, 3.05) is 0 Å². The van der Waals surface area contributed by atoms with E-state index in [1.54, 1.807) is 12.3 Å². The summed E-state index contributed by atoms with van der Waals surface area (Å²) in [6.07, 6.45) is 4.84. The molecule has 1 aliphatic carbocycles. The van der Waals surface area contributed by atoms with Gasteiger partial charge in [0.25, 0.3) is 0 Å². The molecule has 3 N–H and O–H groups in total. The number of rotatable bonds is 9. The first kappa shape index (κ1) is 22.9. The molecule has 1 heterocycles. The molecule has 0 fully saturated rings. The van der Waals surface area contributed by atoms with Crippen molar-refractivity contribution in [3.05, 3.63) is 53.7 Å². The minimum atomic E-state index is -0.957. The number of benzene rings is 1. The van der Waals surface area contributed by atoms with E-state index in [0.717, 1.165) is 29.3 Å². The molecule has 166 valence electrons.